The second kappa shape index (κ2) is 5.19. The SMILES string of the molecule is C=C(C)OC(=O)N1C[C@H]2C[C@@H](O)C[C@@]2(c2ccccc2)C1. The maximum absolute atomic E-state index is 12.1. The van der Waals surface area contributed by atoms with Crippen molar-refractivity contribution in [3.8, 4) is 0 Å². The molecule has 3 rings (SSSR count). The highest BCUT2D eigenvalue weighted by molar-refractivity contribution is 5.69. The van der Waals surface area contributed by atoms with Crippen LogP contribution in [0.3, 0.4) is 0 Å². The Balaban J connectivity index is 1.87. The molecule has 1 aromatic rings. The van der Waals surface area contributed by atoms with E-state index in [1.807, 2.05) is 18.2 Å². The predicted octanol–water partition coefficient (Wildman–Crippen LogP) is 2.68. The largest absolute Gasteiger partial charge is 0.416 e. The molecule has 1 aliphatic carbocycles. The highest BCUT2D eigenvalue weighted by atomic mass is 16.6. The van der Waals surface area contributed by atoms with Crippen molar-refractivity contribution < 1.29 is 14.6 Å². The van der Waals surface area contributed by atoms with Gasteiger partial charge in [0.15, 0.2) is 0 Å². The number of carbonyl (C=O) groups is 1. The van der Waals surface area contributed by atoms with Crippen LogP contribution in [-0.2, 0) is 10.2 Å². The zero-order chi connectivity index (χ0) is 15.0. The fourth-order valence-electron chi connectivity index (χ4n) is 3.91. The van der Waals surface area contributed by atoms with E-state index in [0.717, 1.165) is 6.42 Å². The summed E-state index contributed by atoms with van der Waals surface area (Å²) in [6.07, 6.45) is 0.834. The van der Waals surface area contributed by atoms with Gasteiger partial charge in [-0.2, -0.15) is 0 Å². The van der Waals surface area contributed by atoms with Crippen LogP contribution in [0.1, 0.15) is 25.3 Å². The lowest BCUT2D eigenvalue weighted by atomic mass is 9.74. The Morgan fingerprint density at radius 2 is 2.14 bits per heavy atom. The van der Waals surface area contributed by atoms with E-state index < -0.39 is 0 Å². The van der Waals surface area contributed by atoms with Gasteiger partial charge in [-0.15, -0.1) is 0 Å². The summed E-state index contributed by atoms with van der Waals surface area (Å²) in [6.45, 7) is 6.53. The molecule has 0 spiro atoms. The van der Waals surface area contributed by atoms with Crippen molar-refractivity contribution in [2.24, 2.45) is 5.92 Å². The molecule has 1 amide bonds. The third-order valence-electron chi connectivity index (χ3n) is 4.72. The Labute approximate surface area is 125 Å². The molecular weight excluding hydrogens is 266 g/mol. The number of benzene rings is 1. The van der Waals surface area contributed by atoms with Crippen LogP contribution in [0.15, 0.2) is 42.7 Å². The van der Waals surface area contributed by atoms with Crippen LogP contribution < -0.4 is 0 Å². The predicted molar refractivity (Wildman–Crippen MR) is 79.7 cm³/mol. The quantitative estimate of drug-likeness (QED) is 0.851. The molecule has 2 aliphatic rings. The Bertz CT molecular complexity index is 556. The van der Waals surface area contributed by atoms with Gasteiger partial charge in [0.05, 0.1) is 11.9 Å². The van der Waals surface area contributed by atoms with Gasteiger partial charge in [0, 0.05) is 18.5 Å². The minimum Gasteiger partial charge on any atom is -0.416 e. The van der Waals surface area contributed by atoms with Crippen LogP contribution in [0, 0.1) is 5.92 Å². The molecule has 4 nitrogen and oxygen atoms in total. The summed E-state index contributed by atoms with van der Waals surface area (Å²) in [5.74, 6) is 0.693. The molecule has 0 radical (unpaired) electrons. The third-order valence-corrected chi connectivity index (χ3v) is 4.72. The summed E-state index contributed by atoms with van der Waals surface area (Å²) in [6, 6.07) is 10.2. The molecule has 1 aromatic carbocycles. The maximum Gasteiger partial charge on any atom is 0.414 e. The Morgan fingerprint density at radius 1 is 1.43 bits per heavy atom. The normalized spacial score (nSPS) is 31.0. The summed E-state index contributed by atoms with van der Waals surface area (Å²) < 4.78 is 5.14. The van der Waals surface area contributed by atoms with E-state index in [4.69, 9.17) is 4.74 Å². The topological polar surface area (TPSA) is 49.8 Å². The van der Waals surface area contributed by atoms with Crippen molar-refractivity contribution in [1.29, 1.82) is 0 Å². The first-order valence-corrected chi connectivity index (χ1v) is 7.37. The van der Waals surface area contributed by atoms with Crippen LogP contribution in [0.25, 0.3) is 0 Å². The van der Waals surface area contributed by atoms with Crippen molar-refractivity contribution in [2.45, 2.75) is 31.3 Å². The number of hydrogen-bond donors (Lipinski definition) is 1. The van der Waals surface area contributed by atoms with Gasteiger partial charge in [-0.05, 0) is 31.2 Å². The van der Waals surface area contributed by atoms with E-state index in [2.05, 4.69) is 18.7 Å². The highest BCUT2D eigenvalue weighted by Crippen LogP contribution is 2.50. The van der Waals surface area contributed by atoms with Gasteiger partial charge in [-0.25, -0.2) is 4.79 Å². The van der Waals surface area contributed by atoms with Crippen molar-refractivity contribution >= 4 is 6.09 Å². The second-order valence-electron chi connectivity index (χ2n) is 6.26. The first-order valence-electron chi connectivity index (χ1n) is 7.37. The van der Waals surface area contributed by atoms with Crippen LogP contribution in [-0.4, -0.2) is 35.3 Å². The zero-order valence-electron chi connectivity index (χ0n) is 12.3. The molecule has 112 valence electrons. The lowest BCUT2D eigenvalue weighted by molar-refractivity contribution is 0.124. The fraction of sp³-hybridized carbons (Fsp3) is 0.471. The van der Waals surface area contributed by atoms with E-state index in [1.165, 1.54) is 5.56 Å². The average Bonchev–Trinajstić information content (AvgIpc) is 2.92. The number of aliphatic hydroxyl groups excluding tert-OH is 1. The molecule has 3 atom stereocenters. The molecule has 1 saturated carbocycles. The molecular formula is C17H21NO3. The van der Waals surface area contributed by atoms with E-state index >= 15 is 0 Å². The molecule has 2 fully saturated rings. The molecule has 0 unspecified atom stereocenters. The Hall–Kier alpha value is -1.81. The molecule has 0 aromatic heterocycles. The summed E-state index contributed by atoms with van der Waals surface area (Å²) in [5.41, 5.74) is 1.06. The fourth-order valence-corrected chi connectivity index (χ4v) is 3.91. The van der Waals surface area contributed by atoms with Crippen molar-refractivity contribution in [2.75, 3.05) is 13.1 Å². The number of nitrogens with zero attached hydrogens (tertiary/aromatic N) is 1. The Morgan fingerprint density at radius 3 is 2.81 bits per heavy atom. The lowest BCUT2D eigenvalue weighted by Gasteiger charge is -2.29. The number of ether oxygens (including phenoxy) is 1. The summed E-state index contributed by atoms with van der Waals surface area (Å²) in [5, 5.41) is 10.1. The number of allylic oxidation sites excluding steroid dienone is 1. The number of fused-ring (bicyclic) bond motifs is 1. The van der Waals surface area contributed by atoms with Crippen molar-refractivity contribution in [1.82, 2.24) is 4.90 Å². The summed E-state index contributed by atoms with van der Waals surface area (Å²) in [7, 11) is 0. The molecule has 1 N–H and O–H groups in total. The standard InChI is InChI=1S/C17H21NO3/c1-12(2)21-16(20)18-10-14-8-15(19)9-17(14,11-18)13-6-4-3-5-7-13/h3-7,14-15,19H,1,8-11H2,2H3/t14-,15-,17+/m1/s1. The van der Waals surface area contributed by atoms with E-state index in [1.54, 1.807) is 11.8 Å². The first kappa shape index (κ1) is 14.1. The van der Waals surface area contributed by atoms with Gasteiger partial charge in [0.2, 0.25) is 0 Å². The Kier molecular flexibility index (Phi) is 3.49. The van der Waals surface area contributed by atoms with Gasteiger partial charge in [-0.3, -0.25) is 0 Å². The van der Waals surface area contributed by atoms with Crippen LogP contribution in [0.2, 0.25) is 0 Å². The molecule has 4 heteroatoms. The summed E-state index contributed by atoms with van der Waals surface area (Å²) >= 11 is 0. The number of aliphatic hydroxyl groups is 1. The molecule has 0 bridgehead atoms. The second-order valence-corrected chi connectivity index (χ2v) is 6.26. The number of likely N-dealkylation sites (tertiary alicyclic amines) is 1. The average molecular weight is 287 g/mol. The highest BCUT2D eigenvalue weighted by Gasteiger charge is 2.54. The number of amides is 1. The maximum atomic E-state index is 12.1. The van der Waals surface area contributed by atoms with Gasteiger partial charge in [0.25, 0.3) is 0 Å². The van der Waals surface area contributed by atoms with Crippen LogP contribution >= 0.6 is 0 Å². The zero-order valence-corrected chi connectivity index (χ0v) is 12.3. The molecule has 21 heavy (non-hydrogen) atoms. The van der Waals surface area contributed by atoms with Crippen molar-refractivity contribution in [3.63, 3.8) is 0 Å². The minimum absolute atomic E-state index is 0.144. The monoisotopic (exact) mass is 287 g/mol. The van der Waals surface area contributed by atoms with Crippen molar-refractivity contribution in [3.05, 3.63) is 48.2 Å². The molecule has 1 heterocycles. The van der Waals surface area contributed by atoms with E-state index in [0.29, 0.717) is 25.3 Å². The van der Waals surface area contributed by atoms with Crippen LogP contribution in [0.5, 0.6) is 0 Å². The van der Waals surface area contributed by atoms with E-state index in [-0.39, 0.29) is 23.5 Å². The van der Waals surface area contributed by atoms with Gasteiger partial charge < -0.3 is 14.7 Å². The van der Waals surface area contributed by atoms with E-state index in [9.17, 15) is 9.90 Å². The van der Waals surface area contributed by atoms with Gasteiger partial charge >= 0.3 is 6.09 Å². The lowest BCUT2D eigenvalue weighted by Crippen LogP contribution is -2.35. The van der Waals surface area contributed by atoms with Gasteiger partial charge in [-0.1, -0.05) is 36.9 Å². The molecule has 1 saturated heterocycles. The van der Waals surface area contributed by atoms with Crippen LogP contribution in [0.4, 0.5) is 4.79 Å². The number of carbonyl (C=O) groups excluding carboxylic acids is 1. The molecule has 1 aliphatic heterocycles. The smallest absolute Gasteiger partial charge is 0.414 e. The minimum atomic E-state index is -0.332. The number of rotatable bonds is 2. The first-order chi connectivity index (χ1) is 10.0. The van der Waals surface area contributed by atoms with Gasteiger partial charge in [0.1, 0.15) is 0 Å². The summed E-state index contributed by atoms with van der Waals surface area (Å²) in [4.78, 5) is 13.9. The number of hydrogen-bond acceptors (Lipinski definition) is 3. The third kappa shape index (κ3) is 2.44.